The minimum absolute atomic E-state index is 0.0824. The fourth-order valence-electron chi connectivity index (χ4n) is 1.46. The van der Waals surface area contributed by atoms with Crippen LogP contribution in [-0.4, -0.2) is 30.1 Å². The third-order valence-electron chi connectivity index (χ3n) is 2.28. The lowest BCUT2D eigenvalue weighted by molar-refractivity contribution is -0.385. The minimum Gasteiger partial charge on any atom is -0.478 e. The SMILES string of the molecule is Cc1c(N(C)C)cc(C(=O)O)cc1[N+](=O)[O-]. The summed E-state index contributed by atoms with van der Waals surface area (Å²) in [5.74, 6) is -1.17. The quantitative estimate of drug-likeness (QED) is 0.623. The van der Waals surface area contributed by atoms with Crippen molar-refractivity contribution in [1.82, 2.24) is 0 Å². The highest BCUT2D eigenvalue weighted by atomic mass is 16.6. The first kappa shape index (κ1) is 12.0. The van der Waals surface area contributed by atoms with E-state index in [-0.39, 0.29) is 11.3 Å². The fourth-order valence-corrected chi connectivity index (χ4v) is 1.46. The molecular formula is C10H12N2O4. The van der Waals surface area contributed by atoms with Gasteiger partial charge in [-0.2, -0.15) is 0 Å². The van der Waals surface area contributed by atoms with E-state index in [1.54, 1.807) is 25.9 Å². The molecule has 0 heterocycles. The van der Waals surface area contributed by atoms with E-state index in [0.717, 1.165) is 6.07 Å². The smallest absolute Gasteiger partial charge is 0.336 e. The number of hydrogen-bond acceptors (Lipinski definition) is 4. The van der Waals surface area contributed by atoms with Crippen LogP contribution in [0, 0.1) is 17.0 Å². The molecule has 1 rings (SSSR count). The molecule has 0 spiro atoms. The normalized spacial score (nSPS) is 9.94. The number of carboxylic acids is 1. The van der Waals surface area contributed by atoms with Gasteiger partial charge in [-0.15, -0.1) is 0 Å². The predicted octanol–water partition coefficient (Wildman–Crippen LogP) is 1.67. The number of anilines is 1. The lowest BCUT2D eigenvalue weighted by Gasteiger charge is -2.16. The molecule has 0 aliphatic carbocycles. The zero-order valence-corrected chi connectivity index (χ0v) is 9.22. The number of rotatable bonds is 3. The fraction of sp³-hybridized carbons (Fsp3) is 0.300. The predicted molar refractivity (Wildman–Crippen MR) is 59.1 cm³/mol. The highest BCUT2D eigenvalue weighted by molar-refractivity contribution is 5.90. The first-order chi connectivity index (χ1) is 7.34. The lowest BCUT2D eigenvalue weighted by Crippen LogP contribution is -2.13. The molecule has 0 aromatic heterocycles. The van der Waals surface area contributed by atoms with Crippen LogP contribution in [-0.2, 0) is 0 Å². The second-order valence-corrected chi connectivity index (χ2v) is 3.60. The highest BCUT2D eigenvalue weighted by Crippen LogP contribution is 2.29. The van der Waals surface area contributed by atoms with Gasteiger partial charge in [0.1, 0.15) is 0 Å². The summed E-state index contributed by atoms with van der Waals surface area (Å²) in [6.07, 6.45) is 0. The molecule has 1 N–H and O–H groups in total. The van der Waals surface area contributed by atoms with Crippen LogP contribution >= 0.6 is 0 Å². The van der Waals surface area contributed by atoms with Gasteiger partial charge in [0.2, 0.25) is 0 Å². The van der Waals surface area contributed by atoms with E-state index in [9.17, 15) is 14.9 Å². The van der Waals surface area contributed by atoms with E-state index in [4.69, 9.17) is 5.11 Å². The van der Waals surface area contributed by atoms with Crippen molar-refractivity contribution in [2.75, 3.05) is 19.0 Å². The molecular weight excluding hydrogens is 212 g/mol. The van der Waals surface area contributed by atoms with Crippen LogP contribution in [0.2, 0.25) is 0 Å². The van der Waals surface area contributed by atoms with Gasteiger partial charge in [-0.25, -0.2) is 4.79 Å². The Morgan fingerprint density at radius 3 is 2.38 bits per heavy atom. The van der Waals surface area contributed by atoms with E-state index < -0.39 is 10.9 Å². The molecule has 0 saturated carbocycles. The van der Waals surface area contributed by atoms with Crippen LogP contribution in [0.15, 0.2) is 12.1 Å². The number of nitro groups is 1. The van der Waals surface area contributed by atoms with Crippen molar-refractivity contribution in [2.45, 2.75) is 6.92 Å². The van der Waals surface area contributed by atoms with E-state index in [0.29, 0.717) is 11.3 Å². The number of carboxylic acid groups (broad SMARTS) is 1. The maximum absolute atomic E-state index is 10.8. The molecule has 6 nitrogen and oxygen atoms in total. The Hall–Kier alpha value is -2.11. The van der Waals surface area contributed by atoms with Gasteiger partial charge in [0, 0.05) is 25.8 Å². The van der Waals surface area contributed by atoms with E-state index in [1.165, 1.54) is 6.07 Å². The molecule has 1 aromatic carbocycles. The Kier molecular flexibility index (Phi) is 3.12. The summed E-state index contributed by atoms with van der Waals surface area (Å²) >= 11 is 0. The average Bonchev–Trinajstić information content (AvgIpc) is 2.16. The number of hydrogen-bond donors (Lipinski definition) is 1. The second kappa shape index (κ2) is 4.18. The number of benzene rings is 1. The van der Waals surface area contributed by atoms with Crippen molar-refractivity contribution in [1.29, 1.82) is 0 Å². The van der Waals surface area contributed by atoms with Gasteiger partial charge in [0.05, 0.1) is 16.1 Å². The number of carbonyl (C=O) groups is 1. The summed E-state index contributed by atoms with van der Waals surface area (Å²) < 4.78 is 0. The minimum atomic E-state index is -1.17. The summed E-state index contributed by atoms with van der Waals surface area (Å²) in [4.78, 5) is 22.7. The van der Waals surface area contributed by atoms with Gasteiger partial charge in [-0.3, -0.25) is 10.1 Å². The van der Waals surface area contributed by atoms with Gasteiger partial charge in [0.25, 0.3) is 5.69 Å². The van der Waals surface area contributed by atoms with Crippen LogP contribution in [0.25, 0.3) is 0 Å². The molecule has 0 unspecified atom stereocenters. The Labute approximate surface area is 92.3 Å². The largest absolute Gasteiger partial charge is 0.478 e. The molecule has 16 heavy (non-hydrogen) atoms. The molecule has 0 fully saturated rings. The van der Waals surface area contributed by atoms with Crippen molar-refractivity contribution in [2.24, 2.45) is 0 Å². The molecule has 0 radical (unpaired) electrons. The molecule has 0 atom stereocenters. The summed E-state index contributed by atoms with van der Waals surface area (Å²) in [5.41, 5.74) is 0.733. The molecule has 0 bridgehead atoms. The van der Waals surface area contributed by atoms with Crippen molar-refractivity contribution in [3.05, 3.63) is 33.4 Å². The molecule has 6 heteroatoms. The Balaban J connectivity index is 3.51. The van der Waals surface area contributed by atoms with E-state index >= 15 is 0 Å². The maximum Gasteiger partial charge on any atom is 0.336 e. The highest BCUT2D eigenvalue weighted by Gasteiger charge is 2.19. The van der Waals surface area contributed by atoms with Gasteiger partial charge in [0.15, 0.2) is 0 Å². The number of nitro benzene ring substituents is 1. The summed E-state index contributed by atoms with van der Waals surface area (Å²) in [6, 6.07) is 2.50. The van der Waals surface area contributed by atoms with Gasteiger partial charge >= 0.3 is 5.97 Å². The Morgan fingerprint density at radius 1 is 1.44 bits per heavy atom. The van der Waals surface area contributed by atoms with Crippen molar-refractivity contribution < 1.29 is 14.8 Å². The van der Waals surface area contributed by atoms with Crippen LogP contribution in [0.5, 0.6) is 0 Å². The third-order valence-corrected chi connectivity index (χ3v) is 2.28. The van der Waals surface area contributed by atoms with Crippen LogP contribution in [0.1, 0.15) is 15.9 Å². The lowest BCUT2D eigenvalue weighted by atomic mass is 10.1. The van der Waals surface area contributed by atoms with Crippen molar-refractivity contribution >= 4 is 17.3 Å². The zero-order valence-electron chi connectivity index (χ0n) is 9.22. The van der Waals surface area contributed by atoms with Gasteiger partial charge in [-0.1, -0.05) is 0 Å². The molecule has 0 aliphatic rings. The number of aromatic carboxylic acids is 1. The van der Waals surface area contributed by atoms with Gasteiger partial charge < -0.3 is 10.0 Å². The first-order valence-corrected chi connectivity index (χ1v) is 4.54. The topological polar surface area (TPSA) is 83.7 Å². The number of nitrogens with zero attached hydrogens (tertiary/aromatic N) is 2. The first-order valence-electron chi connectivity index (χ1n) is 4.54. The second-order valence-electron chi connectivity index (χ2n) is 3.60. The molecule has 1 aromatic rings. The van der Waals surface area contributed by atoms with E-state index in [1.807, 2.05) is 0 Å². The molecule has 86 valence electrons. The van der Waals surface area contributed by atoms with E-state index in [2.05, 4.69) is 0 Å². The summed E-state index contributed by atoms with van der Waals surface area (Å²) in [6.45, 7) is 1.60. The summed E-state index contributed by atoms with van der Waals surface area (Å²) in [5, 5.41) is 19.6. The Morgan fingerprint density at radius 2 is 2.00 bits per heavy atom. The van der Waals surface area contributed by atoms with Crippen LogP contribution < -0.4 is 4.90 Å². The zero-order chi connectivity index (χ0) is 12.5. The monoisotopic (exact) mass is 224 g/mol. The standard InChI is InChI=1S/C10H12N2O4/c1-6-8(11(2)3)4-7(10(13)14)5-9(6)12(15)16/h4-5H,1-3H3,(H,13,14). The third kappa shape index (κ3) is 2.10. The van der Waals surface area contributed by atoms with Crippen molar-refractivity contribution in [3.8, 4) is 0 Å². The molecule has 0 aliphatic heterocycles. The molecule has 0 saturated heterocycles. The Bertz CT molecular complexity index is 454. The molecule has 0 amide bonds. The van der Waals surface area contributed by atoms with Crippen LogP contribution in [0.3, 0.4) is 0 Å². The van der Waals surface area contributed by atoms with Crippen LogP contribution in [0.4, 0.5) is 11.4 Å². The van der Waals surface area contributed by atoms with Gasteiger partial charge in [-0.05, 0) is 13.0 Å². The van der Waals surface area contributed by atoms with Crippen molar-refractivity contribution in [3.63, 3.8) is 0 Å². The average molecular weight is 224 g/mol. The summed E-state index contributed by atoms with van der Waals surface area (Å²) in [7, 11) is 3.41. The maximum atomic E-state index is 10.8.